The molecule has 1 rings (SSSR count). The number of alkyl halides is 1. The number of aryl methyl sites for hydroxylation is 1. The van der Waals surface area contributed by atoms with E-state index in [1.165, 1.54) is 24.8 Å². The van der Waals surface area contributed by atoms with Crippen LogP contribution in [0.3, 0.4) is 0 Å². The molecule has 1 aromatic heterocycles. The van der Waals surface area contributed by atoms with Crippen molar-refractivity contribution < 1.29 is 0 Å². The third kappa shape index (κ3) is 3.16. The van der Waals surface area contributed by atoms with Gasteiger partial charge >= 0.3 is 0 Å². The molecule has 1 aromatic rings. The minimum absolute atomic E-state index is 0.701. The third-order valence-electron chi connectivity index (χ3n) is 2.22. The molecule has 0 saturated heterocycles. The Morgan fingerprint density at radius 1 is 1.58 bits per heavy atom. The highest BCUT2D eigenvalue weighted by Crippen LogP contribution is 2.16. The molecule has 1 heterocycles. The molecule has 0 fully saturated rings. The van der Waals surface area contributed by atoms with Gasteiger partial charge in [0.25, 0.3) is 0 Å². The number of rotatable bonds is 5. The van der Waals surface area contributed by atoms with Gasteiger partial charge in [-0.05, 0) is 41.1 Å². The van der Waals surface area contributed by atoms with E-state index in [2.05, 4.69) is 23.8 Å². The largest absolute Gasteiger partial charge is 0.152 e. The third-order valence-corrected chi connectivity index (χ3v) is 3.39. The fourth-order valence-electron chi connectivity index (χ4n) is 1.20. The average molecular weight is 203 g/mol. The number of halogens is 1. The summed E-state index contributed by atoms with van der Waals surface area (Å²) in [5.74, 6) is 1.51. The van der Waals surface area contributed by atoms with E-state index in [9.17, 15) is 0 Å². The van der Waals surface area contributed by atoms with Crippen LogP contribution in [0, 0.1) is 5.92 Å². The van der Waals surface area contributed by atoms with Gasteiger partial charge in [0, 0.05) is 5.88 Å². The molecular weight excluding hydrogens is 188 g/mol. The fourth-order valence-corrected chi connectivity index (χ4v) is 2.27. The second-order valence-corrected chi connectivity index (χ2v) is 4.19. The van der Waals surface area contributed by atoms with Gasteiger partial charge in [-0.2, -0.15) is 11.3 Å². The molecule has 0 aliphatic rings. The number of hydrogen-bond donors (Lipinski definition) is 0. The lowest BCUT2D eigenvalue weighted by atomic mass is 10.0. The van der Waals surface area contributed by atoms with Crippen LogP contribution in [0.25, 0.3) is 0 Å². The monoisotopic (exact) mass is 202 g/mol. The van der Waals surface area contributed by atoms with Crippen LogP contribution in [0.2, 0.25) is 0 Å². The first kappa shape index (κ1) is 10.1. The minimum atomic E-state index is 0.701. The van der Waals surface area contributed by atoms with E-state index in [1.807, 2.05) is 0 Å². The molecule has 0 amide bonds. The maximum Gasteiger partial charge on any atom is 0.0251 e. The second-order valence-electron chi connectivity index (χ2n) is 3.10. The maximum absolute atomic E-state index is 5.81. The number of thiophene rings is 1. The number of hydrogen-bond acceptors (Lipinski definition) is 1. The second kappa shape index (κ2) is 5.60. The molecule has 0 aromatic carbocycles. The average Bonchev–Trinajstić information content (AvgIpc) is 2.59. The fraction of sp³-hybridized carbons (Fsp3) is 0.600. The van der Waals surface area contributed by atoms with E-state index >= 15 is 0 Å². The van der Waals surface area contributed by atoms with E-state index in [1.54, 1.807) is 11.3 Å². The van der Waals surface area contributed by atoms with Gasteiger partial charge in [-0.3, -0.25) is 0 Å². The first-order valence-corrected chi connectivity index (χ1v) is 5.91. The molecule has 0 saturated carbocycles. The molecule has 0 aliphatic heterocycles. The normalized spacial score (nSPS) is 13.2. The van der Waals surface area contributed by atoms with Crippen molar-refractivity contribution >= 4 is 22.9 Å². The predicted octanol–water partition coefficient (Wildman–Crippen LogP) is 3.95. The summed E-state index contributed by atoms with van der Waals surface area (Å²) in [7, 11) is 0. The van der Waals surface area contributed by atoms with Gasteiger partial charge in [0.05, 0.1) is 0 Å². The summed E-state index contributed by atoms with van der Waals surface area (Å²) in [6, 6.07) is 2.20. The van der Waals surface area contributed by atoms with Crippen LogP contribution in [0.15, 0.2) is 16.8 Å². The van der Waals surface area contributed by atoms with Crippen molar-refractivity contribution in [2.45, 2.75) is 26.2 Å². The van der Waals surface area contributed by atoms with Crippen molar-refractivity contribution in [2.75, 3.05) is 5.88 Å². The maximum atomic E-state index is 5.81. The van der Waals surface area contributed by atoms with Crippen molar-refractivity contribution in [3.63, 3.8) is 0 Å². The first-order valence-electron chi connectivity index (χ1n) is 4.43. The van der Waals surface area contributed by atoms with Crippen molar-refractivity contribution in [3.05, 3.63) is 22.4 Å². The van der Waals surface area contributed by atoms with Gasteiger partial charge in [0.15, 0.2) is 0 Å². The van der Waals surface area contributed by atoms with Crippen LogP contribution in [0.4, 0.5) is 0 Å². The molecule has 68 valence electrons. The Balaban J connectivity index is 2.25. The standard InChI is InChI=1S/C10H15ClS/c1-2-9(7-11)3-4-10-5-6-12-8-10/h5-6,8-9H,2-4,7H2,1H3. The molecule has 0 aliphatic carbocycles. The molecule has 0 spiro atoms. The van der Waals surface area contributed by atoms with E-state index in [4.69, 9.17) is 11.6 Å². The molecule has 1 unspecified atom stereocenters. The summed E-state index contributed by atoms with van der Waals surface area (Å²) < 4.78 is 0. The molecule has 0 radical (unpaired) electrons. The lowest BCUT2D eigenvalue weighted by Crippen LogP contribution is -2.01. The highest BCUT2D eigenvalue weighted by molar-refractivity contribution is 7.07. The topological polar surface area (TPSA) is 0 Å². The Morgan fingerprint density at radius 2 is 2.42 bits per heavy atom. The van der Waals surface area contributed by atoms with Gasteiger partial charge in [-0.1, -0.05) is 13.3 Å². The van der Waals surface area contributed by atoms with Crippen LogP contribution in [-0.2, 0) is 6.42 Å². The van der Waals surface area contributed by atoms with Crippen LogP contribution in [-0.4, -0.2) is 5.88 Å². The van der Waals surface area contributed by atoms with E-state index in [-0.39, 0.29) is 0 Å². The van der Waals surface area contributed by atoms with E-state index < -0.39 is 0 Å². The summed E-state index contributed by atoms with van der Waals surface area (Å²) in [5, 5.41) is 4.36. The van der Waals surface area contributed by atoms with Crippen molar-refractivity contribution in [1.82, 2.24) is 0 Å². The SMILES string of the molecule is CCC(CCl)CCc1ccsc1. The Kier molecular flexibility index (Phi) is 4.70. The predicted molar refractivity (Wildman–Crippen MR) is 57.1 cm³/mol. The van der Waals surface area contributed by atoms with Crippen molar-refractivity contribution in [1.29, 1.82) is 0 Å². The molecule has 12 heavy (non-hydrogen) atoms. The zero-order valence-electron chi connectivity index (χ0n) is 7.42. The Hall–Kier alpha value is -0.0100. The summed E-state index contributed by atoms with van der Waals surface area (Å²) in [4.78, 5) is 0. The summed E-state index contributed by atoms with van der Waals surface area (Å²) in [6.07, 6.45) is 3.62. The summed E-state index contributed by atoms with van der Waals surface area (Å²) >= 11 is 7.58. The van der Waals surface area contributed by atoms with Gasteiger partial charge in [-0.15, -0.1) is 11.6 Å². The van der Waals surface area contributed by atoms with Crippen LogP contribution >= 0.6 is 22.9 Å². The van der Waals surface area contributed by atoms with Crippen LogP contribution < -0.4 is 0 Å². The zero-order chi connectivity index (χ0) is 8.81. The highest BCUT2D eigenvalue weighted by atomic mass is 35.5. The van der Waals surface area contributed by atoms with Crippen molar-refractivity contribution in [3.8, 4) is 0 Å². The lowest BCUT2D eigenvalue weighted by Gasteiger charge is -2.09. The molecule has 0 nitrogen and oxygen atoms in total. The zero-order valence-corrected chi connectivity index (χ0v) is 9.00. The van der Waals surface area contributed by atoms with Gasteiger partial charge in [0.1, 0.15) is 0 Å². The molecule has 1 atom stereocenters. The van der Waals surface area contributed by atoms with Crippen molar-refractivity contribution in [2.24, 2.45) is 5.92 Å². The van der Waals surface area contributed by atoms with E-state index in [0.717, 1.165) is 5.88 Å². The van der Waals surface area contributed by atoms with Gasteiger partial charge < -0.3 is 0 Å². The Bertz CT molecular complexity index is 190. The quantitative estimate of drug-likeness (QED) is 0.635. The molecular formula is C10H15ClS. The van der Waals surface area contributed by atoms with Gasteiger partial charge in [-0.25, -0.2) is 0 Å². The first-order chi connectivity index (χ1) is 5.86. The summed E-state index contributed by atoms with van der Waals surface area (Å²) in [6.45, 7) is 2.21. The van der Waals surface area contributed by atoms with Gasteiger partial charge in [0.2, 0.25) is 0 Å². The Labute approximate surface area is 83.6 Å². The highest BCUT2D eigenvalue weighted by Gasteiger charge is 2.04. The van der Waals surface area contributed by atoms with Crippen LogP contribution in [0.1, 0.15) is 25.3 Å². The summed E-state index contributed by atoms with van der Waals surface area (Å²) in [5.41, 5.74) is 1.46. The van der Waals surface area contributed by atoms with E-state index in [0.29, 0.717) is 5.92 Å². The smallest absolute Gasteiger partial charge is 0.0251 e. The molecule has 0 bridgehead atoms. The Morgan fingerprint density at radius 3 is 2.92 bits per heavy atom. The van der Waals surface area contributed by atoms with Crippen LogP contribution in [0.5, 0.6) is 0 Å². The molecule has 2 heteroatoms. The molecule has 0 N–H and O–H groups in total. The minimum Gasteiger partial charge on any atom is -0.152 e. The lowest BCUT2D eigenvalue weighted by molar-refractivity contribution is 0.523.